The quantitative estimate of drug-likeness (QED) is 0.571. The van der Waals surface area contributed by atoms with Crippen molar-refractivity contribution in [3.05, 3.63) is 54.1 Å². The zero-order valence-electron chi connectivity index (χ0n) is 15.6. The van der Waals surface area contributed by atoms with E-state index in [1.165, 1.54) is 11.1 Å². The van der Waals surface area contributed by atoms with Gasteiger partial charge >= 0.3 is 0 Å². The lowest BCUT2D eigenvalue weighted by atomic mass is 10.1. The van der Waals surface area contributed by atoms with Gasteiger partial charge in [0, 0.05) is 39.1 Å². The third-order valence-corrected chi connectivity index (χ3v) is 3.95. The highest BCUT2D eigenvalue weighted by atomic mass is 16.5. The number of rotatable bonds is 8. The van der Waals surface area contributed by atoms with Gasteiger partial charge in [0.1, 0.15) is 0 Å². The summed E-state index contributed by atoms with van der Waals surface area (Å²) in [7, 11) is 1.72. The van der Waals surface area contributed by atoms with Crippen LogP contribution in [0.25, 0.3) is 0 Å². The predicted octanol–water partition coefficient (Wildman–Crippen LogP) is 2.41. The van der Waals surface area contributed by atoms with Gasteiger partial charge in [0.05, 0.1) is 18.5 Å². The van der Waals surface area contributed by atoms with Crippen LogP contribution in [0.15, 0.2) is 48.0 Å². The number of aliphatic imine (C=N–C) groups is 1. The second-order valence-corrected chi connectivity index (χ2v) is 6.56. The molecule has 0 aliphatic rings. The van der Waals surface area contributed by atoms with E-state index in [-0.39, 0.29) is 5.60 Å². The van der Waals surface area contributed by atoms with Gasteiger partial charge in [0.25, 0.3) is 0 Å². The molecule has 6 heteroatoms. The molecule has 136 valence electrons. The first-order chi connectivity index (χ1) is 12.0. The number of hydrogen-bond acceptors (Lipinski definition) is 3. The minimum Gasteiger partial charge on any atom is -0.377 e. The fraction of sp³-hybridized carbons (Fsp3) is 0.474. The van der Waals surface area contributed by atoms with E-state index in [4.69, 9.17) is 4.74 Å². The molecule has 2 aromatic rings. The van der Waals surface area contributed by atoms with Crippen molar-refractivity contribution in [2.75, 3.05) is 20.2 Å². The SMILES string of the molecule is CCNC(=NCc1ccc(Cn2ccnc2)cc1)NCC(C)(C)OC. The average molecular weight is 343 g/mol. The van der Waals surface area contributed by atoms with Gasteiger partial charge in [-0.25, -0.2) is 9.98 Å². The summed E-state index contributed by atoms with van der Waals surface area (Å²) in [6.45, 7) is 9.13. The first-order valence-corrected chi connectivity index (χ1v) is 8.63. The molecule has 2 rings (SSSR count). The number of nitrogens with one attached hydrogen (secondary N) is 2. The van der Waals surface area contributed by atoms with E-state index in [1.54, 1.807) is 13.3 Å². The number of methoxy groups -OCH3 is 1. The summed E-state index contributed by atoms with van der Waals surface area (Å²) in [5.74, 6) is 0.801. The van der Waals surface area contributed by atoms with E-state index < -0.39 is 0 Å². The number of hydrogen-bond donors (Lipinski definition) is 2. The maximum Gasteiger partial charge on any atom is 0.191 e. The third-order valence-electron chi connectivity index (χ3n) is 3.95. The molecule has 0 saturated carbocycles. The number of ether oxygens (including phenoxy) is 1. The van der Waals surface area contributed by atoms with Crippen LogP contribution in [0, 0.1) is 0 Å². The zero-order valence-corrected chi connectivity index (χ0v) is 15.6. The van der Waals surface area contributed by atoms with Crippen LogP contribution in [0.5, 0.6) is 0 Å². The van der Waals surface area contributed by atoms with Crippen LogP contribution in [-0.2, 0) is 17.8 Å². The molecule has 1 heterocycles. The van der Waals surface area contributed by atoms with Gasteiger partial charge in [-0.05, 0) is 31.9 Å². The van der Waals surface area contributed by atoms with Crippen molar-refractivity contribution in [1.29, 1.82) is 0 Å². The van der Waals surface area contributed by atoms with Crippen LogP contribution < -0.4 is 10.6 Å². The molecule has 0 aliphatic carbocycles. The molecule has 2 N–H and O–H groups in total. The van der Waals surface area contributed by atoms with Crippen molar-refractivity contribution in [3.63, 3.8) is 0 Å². The van der Waals surface area contributed by atoms with Crippen LogP contribution in [-0.4, -0.2) is 41.3 Å². The Labute approximate surface area is 150 Å². The molecule has 1 aromatic carbocycles. The smallest absolute Gasteiger partial charge is 0.191 e. The minimum atomic E-state index is -0.231. The number of benzene rings is 1. The zero-order chi connectivity index (χ0) is 18.1. The molecule has 0 saturated heterocycles. The van der Waals surface area contributed by atoms with Gasteiger partial charge in [0.2, 0.25) is 0 Å². The second-order valence-electron chi connectivity index (χ2n) is 6.56. The van der Waals surface area contributed by atoms with Gasteiger partial charge in [-0.15, -0.1) is 0 Å². The summed E-state index contributed by atoms with van der Waals surface area (Å²) in [5.41, 5.74) is 2.20. The van der Waals surface area contributed by atoms with E-state index in [9.17, 15) is 0 Å². The second kappa shape index (κ2) is 9.22. The van der Waals surface area contributed by atoms with Crippen LogP contribution >= 0.6 is 0 Å². The highest BCUT2D eigenvalue weighted by molar-refractivity contribution is 5.79. The van der Waals surface area contributed by atoms with E-state index in [0.717, 1.165) is 19.0 Å². The number of guanidine groups is 1. The fourth-order valence-electron chi connectivity index (χ4n) is 2.22. The number of nitrogens with zero attached hydrogens (tertiary/aromatic N) is 3. The van der Waals surface area contributed by atoms with Crippen LogP contribution in [0.4, 0.5) is 0 Å². The third kappa shape index (κ3) is 6.58. The molecule has 25 heavy (non-hydrogen) atoms. The molecule has 0 fully saturated rings. The van der Waals surface area contributed by atoms with E-state index >= 15 is 0 Å². The molecule has 0 radical (unpaired) electrons. The van der Waals surface area contributed by atoms with Crippen molar-refractivity contribution >= 4 is 5.96 Å². The van der Waals surface area contributed by atoms with Crippen molar-refractivity contribution in [2.45, 2.75) is 39.5 Å². The summed E-state index contributed by atoms with van der Waals surface area (Å²) >= 11 is 0. The van der Waals surface area contributed by atoms with Crippen LogP contribution in [0.2, 0.25) is 0 Å². The fourth-order valence-corrected chi connectivity index (χ4v) is 2.22. The lowest BCUT2D eigenvalue weighted by Crippen LogP contribution is -2.45. The lowest BCUT2D eigenvalue weighted by Gasteiger charge is -2.24. The molecular weight excluding hydrogens is 314 g/mol. The summed E-state index contributed by atoms with van der Waals surface area (Å²) < 4.78 is 7.49. The summed E-state index contributed by atoms with van der Waals surface area (Å²) in [6, 6.07) is 8.52. The van der Waals surface area contributed by atoms with Crippen molar-refractivity contribution in [1.82, 2.24) is 20.2 Å². The molecular formula is C19H29N5O. The van der Waals surface area contributed by atoms with Gasteiger partial charge in [-0.2, -0.15) is 0 Å². The standard InChI is InChI=1S/C19H29N5O/c1-5-21-18(23-14-19(2,3)25-4)22-12-16-6-8-17(9-7-16)13-24-11-10-20-15-24/h6-11,15H,5,12-14H2,1-4H3,(H2,21,22,23). The molecule has 0 amide bonds. The Morgan fingerprint density at radius 2 is 1.92 bits per heavy atom. The molecule has 0 aliphatic heterocycles. The first kappa shape index (κ1) is 19.0. The Hall–Kier alpha value is -2.34. The van der Waals surface area contributed by atoms with Crippen LogP contribution in [0.1, 0.15) is 31.9 Å². The Morgan fingerprint density at radius 1 is 1.20 bits per heavy atom. The summed E-state index contributed by atoms with van der Waals surface area (Å²) in [5, 5.41) is 6.59. The van der Waals surface area contributed by atoms with Crippen LogP contribution in [0.3, 0.4) is 0 Å². The molecule has 0 atom stereocenters. The van der Waals surface area contributed by atoms with Gasteiger partial charge in [-0.3, -0.25) is 0 Å². The number of imidazole rings is 1. The topological polar surface area (TPSA) is 63.5 Å². The monoisotopic (exact) mass is 343 g/mol. The molecule has 6 nitrogen and oxygen atoms in total. The Bertz CT molecular complexity index is 647. The molecule has 1 aromatic heterocycles. The van der Waals surface area contributed by atoms with Gasteiger partial charge in [-0.1, -0.05) is 24.3 Å². The first-order valence-electron chi connectivity index (χ1n) is 8.63. The summed E-state index contributed by atoms with van der Waals surface area (Å²) in [4.78, 5) is 8.72. The minimum absolute atomic E-state index is 0.231. The van der Waals surface area contributed by atoms with Gasteiger partial charge in [0.15, 0.2) is 5.96 Å². The van der Waals surface area contributed by atoms with E-state index in [2.05, 4.69) is 56.4 Å². The molecule has 0 bridgehead atoms. The normalized spacial score (nSPS) is 12.2. The predicted molar refractivity (Wildman–Crippen MR) is 102 cm³/mol. The lowest BCUT2D eigenvalue weighted by molar-refractivity contribution is 0.0268. The molecule has 0 spiro atoms. The largest absolute Gasteiger partial charge is 0.377 e. The van der Waals surface area contributed by atoms with Crippen molar-refractivity contribution < 1.29 is 4.74 Å². The Morgan fingerprint density at radius 3 is 2.52 bits per heavy atom. The maximum absolute atomic E-state index is 5.43. The highest BCUT2D eigenvalue weighted by Gasteiger charge is 2.16. The summed E-state index contributed by atoms with van der Waals surface area (Å²) in [6.07, 6.45) is 5.59. The number of aromatic nitrogens is 2. The van der Waals surface area contributed by atoms with E-state index in [0.29, 0.717) is 13.1 Å². The molecule has 0 unspecified atom stereocenters. The van der Waals surface area contributed by atoms with E-state index in [1.807, 2.05) is 26.4 Å². The Balaban J connectivity index is 1.92. The van der Waals surface area contributed by atoms with Crippen molar-refractivity contribution in [2.24, 2.45) is 4.99 Å². The Kier molecular flexibility index (Phi) is 7.01. The maximum atomic E-state index is 5.43. The van der Waals surface area contributed by atoms with Crippen molar-refractivity contribution in [3.8, 4) is 0 Å². The van der Waals surface area contributed by atoms with Gasteiger partial charge < -0.3 is 19.9 Å². The average Bonchev–Trinajstić information content (AvgIpc) is 3.12. The highest BCUT2D eigenvalue weighted by Crippen LogP contribution is 2.08.